The Morgan fingerprint density at radius 3 is 2.67 bits per heavy atom. The molecule has 1 unspecified atom stereocenters. The van der Waals surface area contributed by atoms with Crippen molar-refractivity contribution in [2.24, 2.45) is 0 Å². The highest BCUT2D eigenvalue weighted by atomic mass is 35.5. The number of piperidine rings is 1. The Morgan fingerprint density at radius 1 is 1.23 bits per heavy atom. The summed E-state index contributed by atoms with van der Waals surface area (Å²) in [4.78, 5) is 18.8. The number of thiazole rings is 1. The smallest absolute Gasteiger partial charge is 0.335 e. The fourth-order valence-corrected chi connectivity index (χ4v) is 7.62. The van der Waals surface area contributed by atoms with Gasteiger partial charge in [-0.25, -0.2) is 14.2 Å². The number of aromatic carboxylic acids is 1. The zero-order valence-electron chi connectivity index (χ0n) is 21.7. The number of fused-ring (bicyclic) bond motifs is 3. The van der Waals surface area contributed by atoms with Crippen molar-refractivity contribution in [1.29, 1.82) is 0 Å². The second-order valence-corrected chi connectivity index (χ2v) is 12.2. The molecule has 208 valence electrons. The van der Waals surface area contributed by atoms with Crippen LogP contribution in [0, 0.1) is 5.82 Å². The molecule has 8 nitrogen and oxygen atoms in total. The average molecular weight is 584 g/mol. The Hall–Kier alpha value is -3.21. The summed E-state index contributed by atoms with van der Waals surface area (Å²) in [5.74, 6) is 0.110. The van der Waals surface area contributed by atoms with E-state index >= 15 is 0 Å². The van der Waals surface area contributed by atoms with Gasteiger partial charge < -0.3 is 24.0 Å². The normalized spacial score (nSPS) is 22.3. The number of carbonyl (C=O) groups is 1. The number of benzene rings is 2. The van der Waals surface area contributed by atoms with Gasteiger partial charge in [-0.3, -0.25) is 0 Å². The molecule has 0 spiro atoms. The van der Waals surface area contributed by atoms with Gasteiger partial charge in [-0.1, -0.05) is 34.2 Å². The van der Waals surface area contributed by atoms with Crippen molar-refractivity contribution in [3.05, 3.63) is 58.1 Å². The van der Waals surface area contributed by atoms with Crippen LogP contribution in [0.15, 0.2) is 34.9 Å². The van der Waals surface area contributed by atoms with Crippen LogP contribution in [0.2, 0.25) is 5.02 Å². The third kappa shape index (κ3) is 4.42. The first-order valence-electron chi connectivity index (χ1n) is 13.5. The second-order valence-electron chi connectivity index (χ2n) is 10.8. The van der Waals surface area contributed by atoms with Gasteiger partial charge in [-0.15, -0.1) is 0 Å². The summed E-state index contributed by atoms with van der Waals surface area (Å²) >= 11 is 7.87. The number of carboxylic acid groups (broad SMARTS) is 1. The van der Waals surface area contributed by atoms with Crippen molar-refractivity contribution in [2.75, 3.05) is 12.0 Å². The van der Waals surface area contributed by atoms with Gasteiger partial charge in [0.15, 0.2) is 5.13 Å². The lowest BCUT2D eigenvalue weighted by atomic mass is 10.00. The number of nitrogens with zero attached hydrogens (tertiary/aromatic N) is 3. The van der Waals surface area contributed by atoms with Crippen LogP contribution < -0.4 is 9.64 Å². The molecule has 2 aromatic heterocycles. The third-order valence-electron chi connectivity index (χ3n) is 8.26. The van der Waals surface area contributed by atoms with Crippen LogP contribution in [0.5, 0.6) is 5.75 Å². The molecule has 1 aliphatic carbocycles. The van der Waals surface area contributed by atoms with E-state index in [1.165, 1.54) is 30.6 Å². The number of rotatable bonds is 8. The van der Waals surface area contributed by atoms with Gasteiger partial charge in [0.25, 0.3) is 0 Å². The molecule has 1 saturated carbocycles. The van der Waals surface area contributed by atoms with Crippen molar-refractivity contribution in [3.63, 3.8) is 0 Å². The zero-order chi connectivity index (χ0) is 27.5. The van der Waals surface area contributed by atoms with Gasteiger partial charge in [-0.05, 0) is 62.8 Å². The topological polar surface area (TPSA) is 97.9 Å². The summed E-state index contributed by atoms with van der Waals surface area (Å²) in [6.45, 7) is 0.287. The second kappa shape index (κ2) is 10.0. The van der Waals surface area contributed by atoms with E-state index in [9.17, 15) is 14.3 Å². The van der Waals surface area contributed by atoms with E-state index in [1.54, 1.807) is 18.2 Å². The van der Waals surface area contributed by atoms with Gasteiger partial charge in [0.1, 0.15) is 28.5 Å². The summed E-state index contributed by atoms with van der Waals surface area (Å²) < 4.78 is 33.2. The Morgan fingerprint density at radius 2 is 2.00 bits per heavy atom. The lowest BCUT2D eigenvalue weighted by molar-refractivity contribution is 0.0147. The maximum absolute atomic E-state index is 14.8. The summed E-state index contributed by atoms with van der Waals surface area (Å²) in [5, 5.41) is 14.9. The highest BCUT2D eigenvalue weighted by Crippen LogP contribution is 2.47. The molecule has 4 aromatic rings. The van der Waals surface area contributed by atoms with Crippen LogP contribution in [-0.4, -0.2) is 46.5 Å². The van der Waals surface area contributed by atoms with Crippen LogP contribution in [-0.2, 0) is 11.3 Å². The molecule has 0 radical (unpaired) electrons. The van der Waals surface area contributed by atoms with E-state index in [-0.39, 0.29) is 35.9 Å². The Kier molecular flexibility index (Phi) is 6.44. The summed E-state index contributed by atoms with van der Waals surface area (Å²) in [5.41, 5.74) is 2.34. The Balaban J connectivity index is 1.11. The number of methoxy groups -OCH3 is 1. The molecule has 3 fully saturated rings. The number of anilines is 1. The van der Waals surface area contributed by atoms with Crippen molar-refractivity contribution in [3.8, 4) is 17.0 Å². The molecule has 2 saturated heterocycles. The number of hydrogen-bond donors (Lipinski definition) is 1. The van der Waals surface area contributed by atoms with Crippen molar-refractivity contribution in [1.82, 2.24) is 10.1 Å². The SMILES string of the molecule is COc1cc(C(=O)O)cc2sc(N3[C@@H]4CC[C@H]3CC(OCc3c(-c5c(F)cccc5Cl)noc3C3CC3)C4)nc12. The van der Waals surface area contributed by atoms with E-state index in [0.717, 1.165) is 59.7 Å². The molecule has 11 heteroatoms. The van der Waals surface area contributed by atoms with Gasteiger partial charge >= 0.3 is 5.97 Å². The molecule has 7 rings (SSSR count). The largest absolute Gasteiger partial charge is 0.494 e. The van der Waals surface area contributed by atoms with Crippen LogP contribution in [0.4, 0.5) is 9.52 Å². The Labute approximate surface area is 238 Å². The first-order valence-corrected chi connectivity index (χ1v) is 14.6. The van der Waals surface area contributed by atoms with E-state index < -0.39 is 11.8 Å². The quantitative estimate of drug-likeness (QED) is 0.236. The highest BCUT2D eigenvalue weighted by Gasteiger charge is 2.43. The highest BCUT2D eigenvalue weighted by molar-refractivity contribution is 7.22. The minimum absolute atomic E-state index is 0.0298. The van der Waals surface area contributed by atoms with Crippen molar-refractivity contribution < 1.29 is 28.3 Å². The van der Waals surface area contributed by atoms with Crippen LogP contribution in [0.25, 0.3) is 21.5 Å². The predicted octanol–water partition coefficient (Wildman–Crippen LogP) is 7.04. The number of hydrogen-bond acceptors (Lipinski definition) is 8. The van der Waals surface area contributed by atoms with Gasteiger partial charge in [0, 0.05) is 23.6 Å². The summed E-state index contributed by atoms with van der Waals surface area (Å²) in [6.07, 6.45) is 5.82. The van der Waals surface area contributed by atoms with Gasteiger partial charge in [0.2, 0.25) is 0 Å². The molecule has 2 aliphatic heterocycles. The fourth-order valence-electron chi connectivity index (χ4n) is 6.20. The molecule has 2 aromatic carbocycles. The number of aromatic nitrogens is 2. The molecule has 40 heavy (non-hydrogen) atoms. The molecule has 4 heterocycles. The van der Waals surface area contributed by atoms with Crippen LogP contribution in [0.1, 0.15) is 66.1 Å². The van der Waals surface area contributed by atoms with Crippen LogP contribution >= 0.6 is 22.9 Å². The predicted molar refractivity (Wildman–Crippen MR) is 149 cm³/mol. The molecule has 3 aliphatic rings. The number of carboxylic acids is 1. The number of halogens is 2. The lowest BCUT2D eigenvalue weighted by Crippen LogP contribution is -2.45. The van der Waals surface area contributed by atoms with Gasteiger partial charge in [0.05, 0.1) is 40.7 Å². The van der Waals surface area contributed by atoms with Crippen molar-refractivity contribution >= 4 is 44.3 Å². The molecule has 3 atom stereocenters. The molecular weight excluding hydrogens is 557 g/mol. The molecule has 2 bridgehead atoms. The van der Waals surface area contributed by atoms with Crippen molar-refractivity contribution in [2.45, 2.75) is 69.2 Å². The monoisotopic (exact) mass is 583 g/mol. The van der Waals surface area contributed by atoms with E-state index in [2.05, 4.69) is 10.1 Å². The standard InChI is InChI=1S/C29H27ClFN3O5S/c1-37-22-9-15(28(35)36)10-23-26(22)32-29(40-23)34-16-7-8-17(34)12-18(11-16)38-13-19-25(33-39-27(19)14-5-6-14)24-20(30)3-2-4-21(24)31/h2-4,9-10,14,16-18H,5-8,11-13H2,1H3,(H,35,36)/t16-,17+,18?. The number of ether oxygens (including phenoxy) is 2. The van der Waals surface area contributed by atoms with E-state index in [0.29, 0.717) is 27.9 Å². The van der Waals surface area contributed by atoms with Gasteiger partial charge in [-0.2, -0.15) is 0 Å². The molecule has 1 N–H and O–H groups in total. The first-order chi connectivity index (χ1) is 19.4. The Bertz CT molecular complexity index is 1580. The zero-order valence-corrected chi connectivity index (χ0v) is 23.3. The van der Waals surface area contributed by atoms with Crippen LogP contribution in [0.3, 0.4) is 0 Å². The maximum atomic E-state index is 14.8. The summed E-state index contributed by atoms with van der Waals surface area (Å²) in [6, 6.07) is 8.32. The third-order valence-corrected chi connectivity index (χ3v) is 9.59. The fraction of sp³-hybridized carbons (Fsp3) is 0.414. The van der Waals surface area contributed by atoms with E-state index in [1.807, 2.05) is 0 Å². The first kappa shape index (κ1) is 25.7. The summed E-state index contributed by atoms with van der Waals surface area (Å²) in [7, 11) is 1.53. The molecular formula is C29H27ClFN3O5S. The van der Waals surface area contributed by atoms with E-state index in [4.69, 9.17) is 30.6 Å². The molecule has 0 amide bonds. The average Bonchev–Trinajstić information content (AvgIpc) is 3.46. The minimum Gasteiger partial charge on any atom is -0.494 e. The lowest BCUT2D eigenvalue weighted by Gasteiger charge is -2.38. The maximum Gasteiger partial charge on any atom is 0.335 e. The minimum atomic E-state index is -0.994.